The number of phenolic OH excluding ortho intramolecular Hbond substituents is 1. The molecule has 0 bridgehead atoms. The largest absolute Gasteiger partial charge is 0.508 e. The van der Waals surface area contributed by atoms with E-state index in [1.165, 1.54) is 37.1 Å². The van der Waals surface area contributed by atoms with Gasteiger partial charge in [0.15, 0.2) is 5.22 Å². The van der Waals surface area contributed by atoms with Crippen LogP contribution in [0.2, 0.25) is 5.22 Å². The van der Waals surface area contributed by atoms with E-state index in [-0.39, 0.29) is 5.75 Å². The van der Waals surface area contributed by atoms with Gasteiger partial charge in [-0.25, -0.2) is 0 Å². The van der Waals surface area contributed by atoms with Crippen molar-refractivity contribution in [3.63, 3.8) is 0 Å². The topological polar surface area (TPSA) is 45.8 Å². The third-order valence-electron chi connectivity index (χ3n) is 6.57. The summed E-state index contributed by atoms with van der Waals surface area (Å²) in [5.41, 5.74) is 5.49. The van der Waals surface area contributed by atoms with Crippen LogP contribution in [0.1, 0.15) is 29.5 Å². The minimum atomic E-state index is 0.275. The molecule has 0 radical (unpaired) electrons. The van der Waals surface area contributed by atoms with Crippen molar-refractivity contribution >= 4 is 28.1 Å². The van der Waals surface area contributed by atoms with Crippen LogP contribution < -0.4 is 4.74 Å². The number of hydrogen-bond acceptors (Lipinski definition) is 4. The van der Waals surface area contributed by atoms with Crippen LogP contribution in [-0.4, -0.2) is 36.2 Å². The Morgan fingerprint density at radius 2 is 1.69 bits per heavy atom. The van der Waals surface area contributed by atoms with Gasteiger partial charge in [0.1, 0.15) is 23.7 Å². The first kappa shape index (κ1) is 23.5. The zero-order valence-electron chi connectivity index (χ0n) is 19.8. The molecule has 0 unspecified atom stereocenters. The Hall–Kier alpha value is -3.21. The Morgan fingerprint density at radius 3 is 2.46 bits per heavy atom. The summed E-state index contributed by atoms with van der Waals surface area (Å²) in [5.74, 6) is 1.19. The van der Waals surface area contributed by atoms with Crippen molar-refractivity contribution in [2.75, 3.05) is 26.2 Å². The number of nitrogens with zero attached hydrogens (tertiary/aromatic N) is 1. The van der Waals surface area contributed by atoms with Crippen molar-refractivity contribution < 1.29 is 14.3 Å². The number of halogens is 1. The lowest BCUT2D eigenvalue weighted by Crippen LogP contribution is -2.25. The monoisotopic (exact) mass is 487 g/mol. The molecule has 1 N–H and O–H groups in total. The average molecular weight is 488 g/mol. The smallest absolute Gasteiger partial charge is 0.194 e. The minimum Gasteiger partial charge on any atom is -0.508 e. The van der Waals surface area contributed by atoms with Crippen LogP contribution in [0.25, 0.3) is 16.5 Å². The summed E-state index contributed by atoms with van der Waals surface area (Å²) in [4.78, 5) is 2.46. The van der Waals surface area contributed by atoms with E-state index in [0.29, 0.717) is 5.22 Å². The van der Waals surface area contributed by atoms with Gasteiger partial charge in [0, 0.05) is 18.0 Å². The first-order valence-corrected chi connectivity index (χ1v) is 12.6. The van der Waals surface area contributed by atoms with Crippen molar-refractivity contribution in [3.8, 4) is 11.5 Å². The fourth-order valence-electron chi connectivity index (χ4n) is 4.60. The highest BCUT2D eigenvalue weighted by Gasteiger charge is 2.11. The molecule has 0 atom stereocenters. The Balaban J connectivity index is 1.30. The molecule has 0 spiro atoms. The normalized spacial score (nSPS) is 14.6. The lowest BCUT2D eigenvalue weighted by Gasteiger charge is -2.15. The second-order valence-corrected chi connectivity index (χ2v) is 9.49. The van der Waals surface area contributed by atoms with Crippen molar-refractivity contribution in [2.24, 2.45) is 0 Å². The summed E-state index contributed by atoms with van der Waals surface area (Å²) in [6.07, 6.45) is 6.46. The van der Waals surface area contributed by atoms with Gasteiger partial charge in [-0.2, -0.15) is 0 Å². The molecule has 180 valence electrons. The zero-order valence-corrected chi connectivity index (χ0v) is 20.5. The van der Waals surface area contributed by atoms with E-state index in [9.17, 15) is 5.11 Å². The molecule has 1 aliphatic rings. The van der Waals surface area contributed by atoms with E-state index in [1.807, 2.05) is 24.3 Å². The minimum absolute atomic E-state index is 0.275. The van der Waals surface area contributed by atoms with E-state index in [0.717, 1.165) is 53.8 Å². The van der Waals surface area contributed by atoms with E-state index < -0.39 is 0 Å². The quantitative estimate of drug-likeness (QED) is 0.272. The highest BCUT2D eigenvalue weighted by atomic mass is 35.5. The SMILES string of the molecule is Oc1ccc(CC(=CCc2ccc(OCCN3CCCC3)cc2)c2ccc3oc(Cl)cc3c2)cc1. The maximum Gasteiger partial charge on any atom is 0.194 e. The van der Waals surface area contributed by atoms with E-state index in [1.54, 1.807) is 12.1 Å². The Bertz CT molecular complexity index is 1290. The first-order valence-electron chi connectivity index (χ1n) is 12.2. The molecule has 4 aromatic rings. The predicted molar refractivity (Wildman–Crippen MR) is 142 cm³/mol. The maximum atomic E-state index is 9.66. The molecule has 1 aromatic heterocycles. The summed E-state index contributed by atoms with van der Waals surface area (Å²) in [6, 6.07) is 23.8. The number of fused-ring (bicyclic) bond motifs is 1. The second-order valence-electron chi connectivity index (χ2n) is 9.12. The molecule has 3 aromatic carbocycles. The van der Waals surface area contributed by atoms with Crippen LogP contribution in [0.4, 0.5) is 0 Å². The molecule has 0 amide bonds. The van der Waals surface area contributed by atoms with Gasteiger partial charge < -0.3 is 14.3 Å². The van der Waals surface area contributed by atoms with Gasteiger partial charge in [-0.15, -0.1) is 0 Å². The van der Waals surface area contributed by atoms with Crippen LogP contribution in [-0.2, 0) is 12.8 Å². The lowest BCUT2D eigenvalue weighted by molar-refractivity contribution is 0.238. The molecule has 5 rings (SSSR count). The Kier molecular flexibility index (Phi) is 7.41. The molecule has 2 heterocycles. The van der Waals surface area contributed by atoms with Crippen molar-refractivity contribution in [3.05, 3.63) is 101 Å². The second kappa shape index (κ2) is 11.0. The van der Waals surface area contributed by atoms with Crippen LogP contribution in [0.5, 0.6) is 11.5 Å². The molecule has 35 heavy (non-hydrogen) atoms. The number of phenols is 1. The number of ether oxygens (including phenoxy) is 1. The highest BCUT2D eigenvalue weighted by Crippen LogP contribution is 2.29. The highest BCUT2D eigenvalue weighted by molar-refractivity contribution is 6.29. The standard InChI is InChI=1S/C30H30ClNO3/c31-30-21-26-20-25(9-14-29(26)35-30)24(19-23-4-10-27(33)11-5-23)8-3-22-6-12-28(13-7-22)34-18-17-32-15-1-2-16-32/h4-14,20-21,33H,1-3,15-19H2. The summed E-state index contributed by atoms with van der Waals surface area (Å²) in [7, 11) is 0. The van der Waals surface area contributed by atoms with Gasteiger partial charge >= 0.3 is 0 Å². The number of rotatable bonds is 9. The molecular formula is C30H30ClNO3. The van der Waals surface area contributed by atoms with Crippen molar-refractivity contribution in [1.82, 2.24) is 4.90 Å². The predicted octanol–water partition coefficient (Wildman–Crippen LogP) is 7.14. The molecule has 5 heteroatoms. The van der Waals surface area contributed by atoms with E-state index in [4.69, 9.17) is 20.8 Å². The fourth-order valence-corrected chi connectivity index (χ4v) is 4.80. The number of furan rings is 1. The molecular weight excluding hydrogens is 458 g/mol. The van der Waals surface area contributed by atoms with Gasteiger partial charge in [-0.3, -0.25) is 4.90 Å². The van der Waals surface area contributed by atoms with Crippen LogP contribution in [0.15, 0.2) is 83.3 Å². The number of benzene rings is 3. The van der Waals surface area contributed by atoms with Crippen LogP contribution in [0, 0.1) is 0 Å². The van der Waals surface area contributed by atoms with Gasteiger partial charge in [0.25, 0.3) is 0 Å². The molecule has 0 aliphatic carbocycles. The molecule has 0 saturated carbocycles. The van der Waals surface area contributed by atoms with Gasteiger partial charge in [0.05, 0.1) is 0 Å². The van der Waals surface area contributed by atoms with Gasteiger partial charge in [0.2, 0.25) is 0 Å². The van der Waals surface area contributed by atoms with E-state index >= 15 is 0 Å². The van der Waals surface area contributed by atoms with Crippen LogP contribution >= 0.6 is 11.6 Å². The van der Waals surface area contributed by atoms with Crippen LogP contribution in [0.3, 0.4) is 0 Å². The van der Waals surface area contributed by atoms with Gasteiger partial charge in [-0.1, -0.05) is 36.4 Å². The van der Waals surface area contributed by atoms with E-state index in [2.05, 4.69) is 47.4 Å². The molecule has 4 nitrogen and oxygen atoms in total. The van der Waals surface area contributed by atoms with Crippen molar-refractivity contribution in [1.29, 1.82) is 0 Å². The summed E-state index contributed by atoms with van der Waals surface area (Å²) in [6.45, 7) is 4.12. The third-order valence-corrected chi connectivity index (χ3v) is 6.76. The fraction of sp³-hybridized carbons (Fsp3) is 0.267. The molecule has 1 aliphatic heterocycles. The number of hydrogen-bond donors (Lipinski definition) is 1. The maximum absolute atomic E-state index is 9.66. The average Bonchev–Trinajstić information content (AvgIpc) is 3.52. The summed E-state index contributed by atoms with van der Waals surface area (Å²) >= 11 is 6.06. The number of aromatic hydroxyl groups is 1. The Morgan fingerprint density at radius 1 is 0.943 bits per heavy atom. The van der Waals surface area contributed by atoms with Crippen molar-refractivity contribution in [2.45, 2.75) is 25.7 Å². The molecule has 1 saturated heterocycles. The third kappa shape index (κ3) is 6.27. The summed E-state index contributed by atoms with van der Waals surface area (Å²) < 4.78 is 11.5. The number of likely N-dealkylation sites (tertiary alicyclic amines) is 1. The molecule has 1 fully saturated rings. The summed E-state index contributed by atoms with van der Waals surface area (Å²) in [5, 5.41) is 11.0. The van der Waals surface area contributed by atoms with Gasteiger partial charge in [-0.05, 0) is 109 Å². The number of allylic oxidation sites excluding steroid dienone is 2. The zero-order chi connectivity index (χ0) is 24.0. The lowest BCUT2D eigenvalue weighted by atomic mass is 9.95. The Labute approximate surface area is 211 Å². The first-order chi connectivity index (χ1) is 17.1.